The molecule has 2 rings (SSSR count). The summed E-state index contributed by atoms with van der Waals surface area (Å²) in [6.45, 7) is 4.04. The van der Waals surface area contributed by atoms with Crippen LogP contribution >= 0.6 is 0 Å². The molecule has 0 spiro atoms. The molecular formula is C13H15NO. The van der Waals surface area contributed by atoms with Gasteiger partial charge in [-0.15, -0.1) is 0 Å². The Hall–Kier alpha value is -1.57. The standard InChI is InChI=1S/C13H15NO/c1-3-7-12-14-10(2)13(15-12)11-8-5-4-6-9-11/h3-10,13H,1-2H3. The van der Waals surface area contributed by atoms with E-state index in [-0.39, 0.29) is 12.1 Å². The number of ether oxygens (including phenoxy) is 1. The maximum atomic E-state index is 5.76. The minimum absolute atomic E-state index is 0.0670. The maximum absolute atomic E-state index is 5.76. The van der Waals surface area contributed by atoms with Crippen LogP contribution in [0.1, 0.15) is 25.5 Å². The Morgan fingerprint density at radius 3 is 2.67 bits per heavy atom. The number of rotatable bonds is 2. The van der Waals surface area contributed by atoms with E-state index in [9.17, 15) is 0 Å². The number of benzene rings is 1. The first-order valence-electron chi connectivity index (χ1n) is 5.23. The lowest BCUT2D eigenvalue weighted by Gasteiger charge is -2.14. The highest BCUT2D eigenvalue weighted by molar-refractivity contribution is 5.89. The molecule has 0 N–H and O–H groups in total. The summed E-state index contributed by atoms with van der Waals surface area (Å²) in [5.74, 6) is 0.735. The molecule has 1 heterocycles. The average molecular weight is 201 g/mol. The second-order valence-corrected chi connectivity index (χ2v) is 3.66. The SMILES string of the molecule is CC=CC1=NC(C)C(c2ccccc2)O1. The highest BCUT2D eigenvalue weighted by atomic mass is 16.5. The summed E-state index contributed by atoms with van der Waals surface area (Å²) >= 11 is 0. The Bertz CT molecular complexity index is 381. The Morgan fingerprint density at radius 1 is 1.27 bits per heavy atom. The summed E-state index contributed by atoms with van der Waals surface area (Å²) in [6.07, 6.45) is 3.91. The van der Waals surface area contributed by atoms with Crippen LogP contribution in [0, 0.1) is 0 Å². The van der Waals surface area contributed by atoms with Crippen molar-refractivity contribution < 1.29 is 4.74 Å². The molecule has 1 aromatic rings. The van der Waals surface area contributed by atoms with E-state index in [1.807, 2.05) is 37.3 Å². The molecule has 2 heteroatoms. The Labute approximate surface area is 90.3 Å². The molecule has 0 amide bonds. The van der Waals surface area contributed by atoms with E-state index in [4.69, 9.17) is 4.74 Å². The van der Waals surface area contributed by atoms with E-state index in [1.165, 1.54) is 5.56 Å². The topological polar surface area (TPSA) is 21.6 Å². The molecule has 0 fully saturated rings. The van der Waals surface area contributed by atoms with E-state index in [1.54, 1.807) is 0 Å². The third-order valence-electron chi connectivity index (χ3n) is 2.45. The van der Waals surface area contributed by atoms with Crippen molar-refractivity contribution in [2.24, 2.45) is 4.99 Å². The quantitative estimate of drug-likeness (QED) is 0.720. The molecule has 1 aliphatic heterocycles. The van der Waals surface area contributed by atoms with E-state index < -0.39 is 0 Å². The summed E-state index contributed by atoms with van der Waals surface area (Å²) in [5, 5.41) is 0. The minimum atomic E-state index is 0.0670. The Balaban J connectivity index is 2.16. The zero-order valence-electron chi connectivity index (χ0n) is 9.05. The van der Waals surface area contributed by atoms with Crippen molar-refractivity contribution in [2.45, 2.75) is 26.0 Å². The van der Waals surface area contributed by atoms with Gasteiger partial charge in [0.25, 0.3) is 0 Å². The molecule has 0 saturated heterocycles. The molecule has 0 bridgehead atoms. The van der Waals surface area contributed by atoms with Crippen LogP contribution in [0.4, 0.5) is 0 Å². The molecule has 1 aromatic carbocycles. The molecule has 0 radical (unpaired) electrons. The maximum Gasteiger partial charge on any atom is 0.209 e. The predicted molar refractivity (Wildman–Crippen MR) is 62.0 cm³/mol. The monoisotopic (exact) mass is 201 g/mol. The molecule has 78 valence electrons. The number of hydrogen-bond acceptors (Lipinski definition) is 2. The van der Waals surface area contributed by atoms with Crippen LogP contribution in [0.3, 0.4) is 0 Å². The van der Waals surface area contributed by atoms with Gasteiger partial charge < -0.3 is 4.74 Å². The van der Waals surface area contributed by atoms with Gasteiger partial charge in [-0.25, -0.2) is 4.99 Å². The molecule has 0 aromatic heterocycles. The third-order valence-corrected chi connectivity index (χ3v) is 2.45. The molecule has 0 saturated carbocycles. The van der Waals surface area contributed by atoms with Gasteiger partial charge in [0.1, 0.15) is 6.10 Å². The lowest BCUT2D eigenvalue weighted by molar-refractivity contribution is 0.203. The lowest BCUT2D eigenvalue weighted by Crippen LogP contribution is -2.10. The first kappa shape index (κ1) is 9.97. The number of aliphatic imine (C=N–C) groups is 1. The fourth-order valence-corrected chi connectivity index (χ4v) is 1.74. The lowest BCUT2D eigenvalue weighted by atomic mass is 10.0. The molecule has 0 aliphatic carbocycles. The highest BCUT2D eigenvalue weighted by Crippen LogP contribution is 2.28. The summed E-state index contributed by atoms with van der Waals surface area (Å²) in [4.78, 5) is 4.44. The summed E-state index contributed by atoms with van der Waals surface area (Å²) in [5.41, 5.74) is 1.19. The molecule has 2 unspecified atom stereocenters. The van der Waals surface area contributed by atoms with Crippen LogP contribution in [0.5, 0.6) is 0 Å². The van der Waals surface area contributed by atoms with Gasteiger partial charge in [0.2, 0.25) is 5.90 Å². The van der Waals surface area contributed by atoms with Gasteiger partial charge in [-0.05, 0) is 25.5 Å². The van der Waals surface area contributed by atoms with Crippen LogP contribution in [0.2, 0.25) is 0 Å². The average Bonchev–Trinajstić information content (AvgIpc) is 2.61. The first-order valence-corrected chi connectivity index (χ1v) is 5.23. The molecule has 2 nitrogen and oxygen atoms in total. The van der Waals surface area contributed by atoms with Crippen LogP contribution < -0.4 is 0 Å². The van der Waals surface area contributed by atoms with Crippen LogP contribution in [0.15, 0.2) is 47.5 Å². The minimum Gasteiger partial charge on any atom is -0.467 e. The van der Waals surface area contributed by atoms with Crippen LogP contribution in [0.25, 0.3) is 0 Å². The van der Waals surface area contributed by atoms with Gasteiger partial charge in [-0.1, -0.05) is 36.4 Å². The second-order valence-electron chi connectivity index (χ2n) is 3.66. The first-order chi connectivity index (χ1) is 7.31. The van der Waals surface area contributed by atoms with Crippen molar-refractivity contribution in [3.63, 3.8) is 0 Å². The van der Waals surface area contributed by atoms with Crippen molar-refractivity contribution in [1.82, 2.24) is 0 Å². The summed E-state index contributed by atoms with van der Waals surface area (Å²) in [6, 6.07) is 10.4. The van der Waals surface area contributed by atoms with Crippen molar-refractivity contribution >= 4 is 5.90 Å². The van der Waals surface area contributed by atoms with E-state index in [0.29, 0.717) is 0 Å². The number of nitrogens with zero attached hydrogens (tertiary/aromatic N) is 1. The molecular weight excluding hydrogens is 186 g/mol. The van der Waals surface area contributed by atoms with Gasteiger partial charge in [0.05, 0.1) is 6.04 Å². The number of allylic oxidation sites excluding steroid dienone is 1. The van der Waals surface area contributed by atoms with Crippen molar-refractivity contribution in [3.8, 4) is 0 Å². The van der Waals surface area contributed by atoms with Crippen molar-refractivity contribution in [1.29, 1.82) is 0 Å². The fraction of sp³-hybridized carbons (Fsp3) is 0.308. The normalized spacial score (nSPS) is 25.3. The largest absolute Gasteiger partial charge is 0.467 e. The van der Waals surface area contributed by atoms with Crippen LogP contribution in [-0.2, 0) is 4.74 Å². The molecule has 2 atom stereocenters. The van der Waals surface area contributed by atoms with Gasteiger partial charge in [-0.3, -0.25) is 0 Å². The molecule has 15 heavy (non-hydrogen) atoms. The Kier molecular flexibility index (Phi) is 2.86. The zero-order valence-corrected chi connectivity index (χ0v) is 9.05. The van der Waals surface area contributed by atoms with E-state index in [2.05, 4.69) is 24.0 Å². The highest BCUT2D eigenvalue weighted by Gasteiger charge is 2.27. The van der Waals surface area contributed by atoms with Crippen molar-refractivity contribution in [3.05, 3.63) is 48.0 Å². The van der Waals surface area contributed by atoms with Gasteiger partial charge in [0, 0.05) is 0 Å². The van der Waals surface area contributed by atoms with Crippen LogP contribution in [-0.4, -0.2) is 11.9 Å². The van der Waals surface area contributed by atoms with Gasteiger partial charge in [0.15, 0.2) is 0 Å². The third kappa shape index (κ3) is 2.09. The smallest absolute Gasteiger partial charge is 0.209 e. The Morgan fingerprint density at radius 2 is 2.00 bits per heavy atom. The van der Waals surface area contributed by atoms with E-state index >= 15 is 0 Å². The second kappa shape index (κ2) is 4.30. The molecule has 1 aliphatic rings. The zero-order chi connectivity index (χ0) is 10.7. The van der Waals surface area contributed by atoms with Crippen molar-refractivity contribution in [2.75, 3.05) is 0 Å². The fourth-order valence-electron chi connectivity index (χ4n) is 1.74. The predicted octanol–water partition coefficient (Wildman–Crippen LogP) is 3.12. The van der Waals surface area contributed by atoms with Gasteiger partial charge in [-0.2, -0.15) is 0 Å². The summed E-state index contributed by atoms with van der Waals surface area (Å²) < 4.78 is 5.76. The van der Waals surface area contributed by atoms with E-state index in [0.717, 1.165) is 5.90 Å². The summed E-state index contributed by atoms with van der Waals surface area (Å²) in [7, 11) is 0. The number of hydrogen-bond donors (Lipinski definition) is 0. The van der Waals surface area contributed by atoms with Gasteiger partial charge >= 0.3 is 0 Å².